The molecule has 5 aromatic rings. The number of aromatic amines is 1. The number of hydrogen-bond donors (Lipinski definition) is 1. The fourth-order valence-corrected chi connectivity index (χ4v) is 12.5. The average molecular weight is 994 g/mol. The van der Waals surface area contributed by atoms with Crippen LogP contribution in [0.3, 0.4) is 0 Å². The maximum Gasteiger partial charge on any atom is 0.397 e. The minimum absolute atomic E-state index is 0.0378. The molecule has 7 aliphatic rings. The van der Waals surface area contributed by atoms with Crippen LogP contribution in [-0.2, 0) is 14.3 Å². The number of benzene rings is 2. The minimum atomic E-state index is -4.62. The van der Waals surface area contributed by atoms with Crippen LogP contribution in [0.5, 0.6) is 0 Å². The number of hydrogen-bond acceptors (Lipinski definition) is 10. The van der Waals surface area contributed by atoms with Crippen molar-refractivity contribution in [2.45, 2.75) is 94.5 Å². The molecule has 8 unspecified atom stereocenters. The van der Waals surface area contributed by atoms with Crippen molar-refractivity contribution in [1.82, 2.24) is 24.8 Å². The highest BCUT2D eigenvalue weighted by molar-refractivity contribution is 5.97. The third-order valence-corrected chi connectivity index (χ3v) is 16.6. The second-order valence-electron chi connectivity index (χ2n) is 21.3. The van der Waals surface area contributed by atoms with Gasteiger partial charge in [0.05, 0.1) is 46.6 Å². The van der Waals surface area contributed by atoms with Gasteiger partial charge in [-0.25, -0.2) is 14.4 Å². The molecule has 0 bridgehead atoms. The first-order valence-electron chi connectivity index (χ1n) is 25.9. The van der Waals surface area contributed by atoms with Gasteiger partial charge in [0.25, 0.3) is 5.56 Å². The number of H-pyrrole nitrogens is 1. The third-order valence-electron chi connectivity index (χ3n) is 16.6. The van der Waals surface area contributed by atoms with Gasteiger partial charge in [0, 0.05) is 80.4 Å². The Kier molecular flexibility index (Phi) is 11.8. The van der Waals surface area contributed by atoms with E-state index in [0.717, 1.165) is 72.2 Å². The molecule has 5 aliphatic carbocycles. The monoisotopic (exact) mass is 993 g/mol. The summed E-state index contributed by atoms with van der Waals surface area (Å²) in [5.41, 5.74) is 5.31. The number of aromatic nitrogens is 3. The summed E-state index contributed by atoms with van der Waals surface area (Å²) in [5, 5.41) is 22.6. The van der Waals surface area contributed by atoms with Gasteiger partial charge in [-0.15, -0.1) is 0 Å². The van der Waals surface area contributed by atoms with Crippen LogP contribution in [0, 0.1) is 58.1 Å². The highest BCUT2D eigenvalue weighted by Gasteiger charge is 2.60. The molecule has 7 fully saturated rings. The number of ether oxygens (including phenoxy) is 1. The van der Waals surface area contributed by atoms with Crippen molar-refractivity contribution in [3.8, 4) is 34.4 Å². The van der Waals surface area contributed by atoms with Crippen LogP contribution in [0.2, 0.25) is 0 Å². The molecule has 2 aliphatic heterocycles. The molecule has 0 radical (unpaired) electrons. The summed E-state index contributed by atoms with van der Waals surface area (Å²) in [4.78, 5) is 61.7. The molecular formula is C56H55F4N9O4. The lowest BCUT2D eigenvalue weighted by Gasteiger charge is -2.43. The van der Waals surface area contributed by atoms with E-state index in [4.69, 9.17) is 14.7 Å². The van der Waals surface area contributed by atoms with Crippen molar-refractivity contribution in [3.63, 3.8) is 0 Å². The van der Waals surface area contributed by atoms with Crippen molar-refractivity contribution >= 4 is 34.2 Å². The van der Waals surface area contributed by atoms with E-state index in [1.807, 2.05) is 42.2 Å². The van der Waals surface area contributed by atoms with Gasteiger partial charge in [-0.05, 0) is 128 Å². The van der Waals surface area contributed by atoms with Crippen LogP contribution in [-0.4, -0.2) is 107 Å². The molecule has 376 valence electrons. The van der Waals surface area contributed by atoms with Gasteiger partial charge < -0.3 is 29.3 Å². The number of nitrogens with zero attached hydrogens (tertiary/aromatic N) is 8. The highest BCUT2D eigenvalue weighted by Crippen LogP contribution is 2.64. The van der Waals surface area contributed by atoms with Gasteiger partial charge >= 0.3 is 6.18 Å². The Labute approximate surface area is 419 Å². The summed E-state index contributed by atoms with van der Waals surface area (Å²) in [7, 11) is 0. The Hall–Kier alpha value is -6.85. The number of anilines is 2. The predicted octanol–water partition coefficient (Wildman–Crippen LogP) is 8.67. The smallest absolute Gasteiger partial charge is 0.378 e. The van der Waals surface area contributed by atoms with Crippen LogP contribution in [0.15, 0.2) is 71.7 Å². The first-order chi connectivity index (χ1) is 35.3. The molecule has 73 heavy (non-hydrogen) atoms. The number of rotatable bonds is 13. The Bertz CT molecular complexity index is 3180. The number of piperazine rings is 2. The van der Waals surface area contributed by atoms with E-state index in [2.05, 4.69) is 26.9 Å². The molecule has 12 rings (SSSR count). The number of nitrogens with one attached hydrogen (secondary N) is 1. The lowest BCUT2D eigenvalue weighted by Crippen LogP contribution is -2.57. The van der Waals surface area contributed by atoms with Crippen molar-refractivity contribution in [2.75, 3.05) is 55.7 Å². The number of nitriles is 2. The second kappa shape index (κ2) is 18.3. The van der Waals surface area contributed by atoms with Gasteiger partial charge in [0.15, 0.2) is 0 Å². The quantitative estimate of drug-likeness (QED) is 0.113. The number of carbonyl (C=O) groups excluding carboxylic acids is 2. The van der Waals surface area contributed by atoms with Gasteiger partial charge in [-0.2, -0.15) is 23.7 Å². The molecule has 0 spiro atoms. The molecule has 2 aromatic carbocycles. The van der Waals surface area contributed by atoms with Crippen molar-refractivity contribution < 1.29 is 31.9 Å². The second-order valence-corrected chi connectivity index (χ2v) is 21.3. The summed E-state index contributed by atoms with van der Waals surface area (Å²) >= 11 is 0. The summed E-state index contributed by atoms with van der Waals surface area (Å²) in [6, 6.07) is 21.6. The van der Waals surface area contributed by atoms with Crippen LogP contribution in [0.4, 0.5) is 29.2 Å². The molecule has 8 atom stereocenters. The van der Waals surface area contributed by atoms with Gasteiger partial charge in [-0.1, -0.05) is 24.3 Å². The number of amides is 2. The Morgan fingerprint density at radius 3 is 2.12 bits per heavy atom. The van der Waals surface area contributed by atoms with E-state index < -0.39 is 24.5 Å². The van der Waals surface area contributed by atoms with Crippen molar-refractivity contribution in [3.05, 3.63) is 106 Å². The normalized spacial score (nSPS) is 26.6. The minimum Gasteiger partial charge on any atom is -0.378 e. The molecule has 5 heterocycles. The average Bonchev–Trinajstić information content (AvgIpc) is 4.17. The Balaban J connectivity index is 0.872. The largest absolute Gasteiger partial charge is 0.397 e. The van der Waals surface area contributed by atoms with Crippen LogP contribution >= 0.6 is 0 Å². The number of halogens is 4. The summed E-state index contributed by atoms with van der Waals surface area (Å²) in [5.74, 6) is 0.472. The number of alkyl halides is 3. The van der Waals surface area contributed by atoms with Crippen LogP contribution in [0.1, 0.15) is 92.6 Å². The SMILES string of the molecule is CCOC1CC1C(=O)N1CCN(c2nc(C3CC3)c(-c3ccc(F)cc3)cc2C#N)CC1C1CC1C1CC1c1nc(N2CCN(C(=O)CC(F)(F)F)C(C3CC3)C2)c(C#N)cc1-c1cccc2c(=O)[nH]ccc12. The Morgan fingerprint density at radius 1 is 0.767 bits per heavy atom. The van der Waals surface area contributed by atoms with Gasteiger partial charge in [0.2, 0.25) is 11.8 Å². The first kappa shape index (κ1) is 47.2. The summed E-state index contributed by atoms with van der Waals surface area (Å²) in [6.45, 7) is 4.46. The van der Waals surface area contributed by atoms with E-state index in [1.54, 1.807) is 24.4 Å². The standard InChI is InChI=1S/C56H55F4N9O4/c1-2-73-48-24-45(48)55(72)69-19-17-67(52-33(26-61)20-39(50(64-52)32-8-9-32)30-10-12-35(57)13-11-30)29-47(69)42-22-40(42)41-23-44(41)51-43(36-4-3-5-38-37(36)14-15-63-54(38)71)21-34(27-62)53(65-51)66-16-18-68(46(28-66)31-6-7-31)49(70)25-56(58,59)60/h3-5,10-15,20-21,31-32,40-42,44-48H,2,6-9,16-19,22-25,28-29H2,1H3,(H,63,71). The molecule has 5 saturated carbocycles. The van der Waals surface area contributed by atoms with Crippen molar-refractivity contribution in [1.29, 1.82) is 10.5 Å². The topological polar surface area (TPSA) is 163 Å². The summed E-state index contributed by atoms with van der Waals surface area (Å²) < 4.78 is 60.4. The maximum absolute atomic E-state index is 14.5. The summed E-state index contributed by atoms with van der Waals surface area (Å²) in [6.07, 6.45) is 1.29. The fraction of sp³-hybridized carbons (Fsp3) is 0.482. The van der Waals surface area contributed by atoms with Crippen LogP contribution < -0.4 is 15.4 Å². The first-order valence-corrected chi connectivity index (χ1v) is 25.9. The van der Waals surface area contributed by atoms with Crippen LogP contribution in [0.25, 0.3) is 33.0 Å². The molecule has 2 amide bonds. The van der Waals surface area contributed by atoms with E-state index in [-0.39, 0.29) is 90.5 Å². The van der Waals surface area contributed by atoms with Gasteiger partial charge in [-0.3, -0.25) is 14.4 Å². The third kappa shape index (κ3) is 9.08. The van der Waals surface area contributed by atoms with E-state index in [9.17, 15) is 42.5 Å². The van der Waals surface area contributed by atoms with Crippen molar-refractivity contribution in [2.24, 2.45) is 29.6 Å². The van der Waals surface area contributed by atoms with E-state index in [0.29, 0.717) is 66.2 Å². The van der Waals surface area contributed by atoms with E-state index in [1.165, 1.54) is 17.0 Å². The zero-order valence-corrected chi connectivity index (χ0v) is 40.5. The van der Waals surface area contributed by atoms with Gasteiger partial charge in [0.1, 0.15) is 36.0 Å². The zero-order chi connectivity index (χ0) is 50.4. The molecule has 17 heteroatoms. The predicted molar refractivity (Wildman–Crippen MR) is 264 cm³/mol. The lowest BCUT2D eigenvalue weighted by atomic mass is 9.93. The number of pyridine rings is 3. The molecular weight excluding hydrogens is 939 g/mol. The van der Waals surface area contributed by atoms with E-state index >= 15 is 0 Å². The molecule has 3 aromatic heterocycles. The zero-order valence-electron chi connectivity index (χ0n) is 40.5. The molecule has 13 nitrogen and oxygen atoms in total. The Morgan fingerprint density at radius 2 is 1.45 bits per heavy atom. The molecule has 1 N–H and O–H groups in total. The number of fused-ring (bicyclic) bond motifs is 1. The maximum atomic E-state index is 14.5. The lowest BCUT2D eigenvalue weighted by molar-refractivity contribution is -0.163. The highest BCUT2D eigenvalue weighted by atomic mass is 19.4. The number of carbonyl (C=O) groups is 2. The fourth-order valence-electron chi connectivity index (χ4n) is 12.5. The molecule has 2 saturated heterocycles.